The number of sulfone groups is 1. The van der Waals surface area contributed by atoms with Crippen molar-refractivity contribution in [3.8, 4) is 6.07 Å². The van der Waals surface area contributed by atoms with Crippen molar-refractivity contribution in [2.45, 2.75) is 21.8 Å². The Hall–Kier alpha value is -0.570. The van der Waals surface area contributed by atoms with Gasteiger partial charge in [0.25, 0.3) is 0 Å². The molecule has 6 heteroatoms. The summed E-state index contributed by atoms with van der Waals surface area (Å²) in [7, 11) is -3.48. The highest BCUT2D eigenvalue weighted by Crippen LogP contribution is 2.47. The van der Waals surface area contributed by atoms with E-state index in [4.69, 9.17) is 16.9 Å². The minimum atomic E-state index is -3.48. The molecule has 0 radical (unpaired) electrons. The van der Waals surface area contributed by atoms with Crippen molar-refractivity contribution >= 4 is 32.8 Å². The quantitative estimate of drug-likeness (QED) is 0.805. The van der Waals surface area contributed by atoms with E-state index in [0.29, 0.717) is 17.2 Å². The Morgan fingerprint density at radius 3 is 2.50 bits per heavy atom. The second-order valence-corrected chi connectivity index (χ2v) is 7.37. The van der Waals surface area contributed by atoms with Gasteiger partial charge in [-0.2, -0.15) is 5.26 Å². The standard InChI is InChI=1S/C8H6ClNO2S2/c9-6-1-2-7(13-6)14(11,12)8(5-10)3-4-8/h1-2H,3-4H2. The van der Waals surface area contributed by atoms with Gasteiger partial charge < -0.3 is 0 Å². The maximum Gasteiger partial charge on any atom is 0.206 e. The third-order valence-corrected chi connectivity index (χ3v) is 6.36. The summed E-state index contributed by atoms with van der Waals surface area (Å²) in [5.74, 6) is 0. The van der Waals surface area contributed by atoms with Crippen LogP contribution in [0.5, 0.6) is 0 Å². The smallest absolute Gasteiger partial charge is 0.206 e. The first-order chi connectivity index (χ1) is 6.52. The van der Waals surface area contributed by atoms with Crippen molar-refractivity contribution in [3.63, 3.8) is 0 Å². The zero-order chi connectivity index (χ0) is 10.4. The van der Waals surface area contributed by atoms with Crippen LogP contribution in [0.3, 0.4) is 0 Å². The Bertz CT molecular complexity index is 508. The van der Waals surface area contributed by atoms with Crippen LogP contribution in [0.2, 0.25) is 4.34 Å². The van der Waals surface area contributed by atoms with Crippen LogP contribution in [0.15, 0.2) is 16.3 Å². The zero-order valence-electron chi connectivity index (χ0n) is 7.03. The first kappa shape index (κ1) is 9.97. The van der Waals surface area contributed by atoms with E-state index in [1.807, 2.05) is 6.07 Å². The lowest BCUT2D eigenvalue weighted by Gasteiger charge is -2.04. The van der Waals surface area contributed by atoms with E-state index in [9.17, 15) is 8.42 Å². The molecule has 74 valence electrons. The fourth-order valence-electron chi connectivity index (χ4n) is 1.19. The lowest BCUT2D eigenvalue weighted by Crippen LogP contribution is -2.19. The lowest BCUT2D eigenvalue weighted by molar-refractivity contribution is 0.590. The molecule has 0 N–H and O–H groups in total. The molecule has 0 atom stereocenters. The molecule has 3 nitrogen and oxygen atoms in total. The molecule has 0 aromatic carbocycles. The number of rotatable bonds is 2. The predicted octanol–water partition coefficient (Wildman–Crippen LogP) is 2.23. The van der Waals surface area contributed by atoms with Crippen LogP contribution in [0.4, 0.5) is 0 Å². The number of hydrogen-bond donors (Lipinski definition) is 0. The molecule has 14 heavy (non-hydrogen) atoms. The lowest BCUT2D eigenvalue weighted by atomic mass is 10.5. The molecule has 1 aromatic heterocycles. The van der Waals surface area contributed by atoms with Gasteiger partial charge in [-0.3, -0.25) is 0 Å². The molecule has 1 saturated carbocycles. The average molecular weight is 248 g/mol. The SMILES string of the molecule is N#CC1(S(=O)(=O)c2ccc(Cl)s2)CC1. The van der Waals surface area contributed by atoms with Crippen molar-refractivity contribution < 1.29 is 8.42 Å². The minimum Gasteiger partial charge on any atom is -0.221 e. The van der Waals surface area contributed by atoms with Crippen LogP contribution in [0, 0.1) is 11.3 Å². The number of thiophene rings is 1. The highest BCUT2D eigenvalue weighted by atomic mass is 35.5. The number of nitrogens with zero attached hydrogens (tertiary/aromatic N) is 1. The normalized spacial score (nSPS) is 18.9. The third-order valence-electron chi connectivity index (χ3n) is 2.24. The maximum atomic E-state index is 11.9. The van der Waals surface area contributed by atoms with Crippen molar-refractivity contribution in [2.24, 2.45) is 0 Å². The summed E-state index contributed by atoms with van der Waals surface area (Å²) in [4.78, 5) is 0. The van der Waals surface area contributed by atoms with Crippen molar-refractivity contribution in [2.75, 3.05) is 0 Å². The Balaban J connectivity index is 2.50. The molecule has 1 aromatic rings. The molecule has 2 rings (SSSR count). The summed E-state index contributed by atoms with van der Waals surface area (Å²) >= 11 is 6.65. The first-order valence-corrected chi connectivity index (χ1v) is 6.61. The summed E-state index contributed by atoms with van der Waals surface area (Å²) in [6.07, 6.45) is 0.864. The third kappa shape index (κ3) is 1.26. The van der Waals surface area contributed by atoms with E-state index in [0.717, 1.165) is 11.3 Å². The van der Waals surface area contributed by atoms with Gasteiger partial charge in [0.2, 0.25) is 9.84 Å². The molecule has 0 aliphatic heterocycles. The number of nitriles is 1. The largest absolute Gasteiger partial charge is 0.221 e. The van der Waals surface area contributed by atoms with Crippen LogP contribution >= 0.6 is 22.9 Å². The second kappa shape index (κ2) is 2.96. The monoisotopic (exact) mass is 247 g/mol. The second-order valence-electron chi connectivity index (χ2n) is 3.17. The molecule has 0 unspecified atom stereocenters. The van der Waals surface area contributed by atoms with Gasteiger partial charge >= 0.3 is 0 Å². The van der Waals surface area contributed by atoms with Crippen molar-refractivity contribution in [3.05, 3.63) is 16.5 Å². The van der Waals surface area contributed by atoms with Crippen molar-refractivity contribution in [1.29, 1.82) is 5.26 Å². The van der Waals surface area contributed by atoms with Gasteiger partial charge in [-0.25, -0.2) is 8.42 Å². The van der Waals surface area contributed by atoms with Gasteiger partial charge in [-0.05, 0) is 25.0 Å². The summed E-state index contributed by atoms with van der Waals surface area (Å²) in [6.45, 7) is 0. The molecule has 0 bridgehead atoms. The van der Waals surface area contributed by atoms with Gasteiger partial charge in [0.1, 0.15) is 4.21 Å². The summed E-state index contributed by atoms with van der Waals surface area (Å²) in [6, 6.07) is 4.87. The average Bonchev–Trinajstić information content (AvgIpc) is 2.84. The van der Waals surface area contributed by atoms with E-state index in [1.54, 1.807) is 0 Å². The van der Waals surface area contributed by atoms with Crippen LogP contribution < -0.4 is 0 Å². The topological polar surface area (TPSA) is 57.9 Å². The molecule has 1 heterocycles. The van der Waals surface area contributed by atoms with Gasteiger partial charge in [-0.1, -0.05) is 11.6 Å². The summed E-state index contributed by atoms with van der Waals surface area (Å²) < 4.78 is 23.2. The van der Waals surface area contributed by atoms with Gasteiger partial charge in [0.05, 0.1) is 10.4 Å². The molecule has 0 amide bonds. The maximum absolute atomic E-state index is 11.9. The Morgan fingerprint density at radius 2 is 2.14 bits per heavy atom. The number of halogens is 1. The van der Waals surface area contributed by atoms with Crippen LogP contribution in [0.1, 0.15) is 12.8 Å². The van der Waals surface area contributed by atoms with Gasteiger partial charge in [0, 0.05) is 0 Å². The molecule has 1 aliphatic rings. The van der Waals surface area contributed by atoms with E-state index >= 15 is 0 Å². The molecule has 1 aliphatic carbocycles. The van der Waals surface area contributed by atoms with Crippen LogP contribution in [-0.4, -0.2) is 13.2 Å². The van der Waals surface area contributed by atoms with Crippen molar-refractivity contribution in [1.82, 2.24) is 0 Å². The number of hydrogen-bond acceptors (Lipinski definition) is 4. The molecular formula is C8H6ClNO2S2. The zero-order valence-corrected chi connectivity index (χ0v) is 9.42. The fraction of sp³-hybridized carbons (Fsp3) is 0.375. The van der Waals surface area contributed by atoms with E-state index in [2.05, 4.69) is 0 Å². The highest BCUT2D eigenvalue weighted by molar-refractivity contribution is 7.95. The van der Waals surface area contributed by atoms with Crippen LogP contribution in [-0.2, 0) is 9.84 Å². The highest BCUT2D eigenvalue weighted by Gasteiger charge is 2.56. The molecule has 0 saturated heterocycles. The summed E-state index contributed by atoms with van der Waals surface area (Å²) in [5.41, 5.74) is 0. The molecule has 0 spiro atoms. The Kier molecular flexibility index (Phi) is 2.11. The molecule has 1 fully saturated rings. The summed E-state index contributed by atoms with van der Waals surface area (Å²) in [5, 5.41) is 8.80. The van der Waals surface area contributed by atoms with E-state index < -0.39 is 14.6 Å². The van der Waals surface area contributed by atoms with E-state index in [1.165, 1.54) is 12.1 Å². The van der Waals surface area contributed by atoms with Crippen LogP contribution in [0.25, 0.3) is 0 Å². The fourth-order valence-corrected chi connectivity index (χ4v) is 4.68. The van der Waals surface area contributed by atoms with E-state index in [-0.39, 0.29) is 4.21 Å². The first-order valence-electron chi connectivity index (χ1n) is 3.93. The minimum absolute atomic E-state index is 0.196. The van der Waals surface area contributed by atoms with Gasteiger partial charge in [0.15, 0.2) is 4.75 Å². The molecular weight excluding hydrogens is 242 g/mol. The predicted molar refractivity (Wildman–Crippen MR) is 54.1 cm³/mol. The Labute approximate surface area is 90.8 Å². The Morgan fingerprint density at radius 1 is 1.50 bits per heavy atom. The van der Waals surface area contributed by atoms with Gasteiger partial charge in [-0.15, -0.1) is 11.3 Å².